The summed E-state index contributed by atoms with van der Waals surface area (Å²) in [7, 11) is -4.47. The number of amides is 2. The average Bonchev–Trinajstić information content (AvgIpc) is 2.93. The molecule has 0 bridgehead atoms. The molecule has 0 fully saturated rings. The summed E-state index contributed by atoms with van der Waals surface area (Å²) in [4.78, 5) is 27.7. The van der Waals surface area contributed by atoms with Gasteiger partial charge < -0.3 is 10.2 Å². The normalized spacial score (nSPS) is 12.4. The summed E-state index contributed by atoms with van der Waals surface area (Å²) in [5.74, 6) is -1.21. The molecule has 214 valence electrons. The third-order valence-electron chi connectivity index (χ3n) is 6.05. The first-order chi connectivity index (χ1) is 18.8. The minimum Gasteiger partial charge on any atom is -0.354 e. The third-order valence-corrected chi connectivity index (χ3v) is 8.37. The van der Waals surface area contributed by atoms with E-state index in [0.29, 0.717) is 28.9 Å². The largest absolute Gasteiger partial charge is 0.416 e. The van der Waals surface area contributed by atoms with Crippen LogP contribution in [0.25, 0.3) is 0 Å². The highest BCUT2D eigenvalue weighted by atomic mass is 79.9. The minimum absolute atomic E-state index is 0.0331. The van der Waals surface area contributed by atoms with E-state index in [9.17, 15) is 31.2 Å². The summed E-state index contributed by atoms with van der Waals surface area (Å²) < 4.78 is 69.4. The number of sulfonamides is 1. The van der Waals surface area contributed by atoms with Crippen LogP contribution >= 0.6 is 15.9 Å². The molecule has 0 saturated carbocycles. The van der Waals surface area contributed by atoms with Crippen molar-refractivity contribution in [3.63, 3.8) is 0 Å². The molecule has 40 heavy (non-hydrogen) atoms. The zero-order valence-electron chi connectivity index (χ0n) is 21.9. The number of nitrogens with one attached hydrogen (secondary N) is 1. The molecule has 3 aromatic rings. The first-order valence-corrected chi connectivity index (χ1v) is 14.6. The number of anilines is 1. The molecule has 0 spiro atoms. The number of halogens is 4. The van der Waals surface area contributed by atoms with Crippen LogP contribution in [-0.2, 0) is 32.3 Å². The first kappa shape index (κ1) is 31.2. The standard InChI is InChI=1S/C28H29BrF3N3O4S/c1-3-16-33-27(37)20(2)34(18-21-12-14-23(29)15-13-21)26(36)19-35(40(38,39)25-10-5-4-6-11-25)24-9-7-8-22(17-24)28(30,31)32/h4-15,17,20H,3,16,18-19H2,1-2H3,(H,33,37). The summed E-state index contributed by atoms with van der Waals surface area (Å²) in [5, 5.41) is 2.73. The van der Waals surface area contributed by atoms with Gasteiger partial charge in [-0.3, -0.25) is 13.9 Å². The zero-order valence-corrected chi connectivity index (χ0v) is 24.3. The highest BCUT2D eigenvalue weighted by Crippen LogP contribution is 2.33. The van der Waals surface area contributed by atoms with E-state index >= 15 is 0 Å². The lowest BCUT2D eigenvalue weighted by atomic mass is 10.1. The summed E-state index contributed by atoms with van der Waals surface area (Å²) in [6.07, 6.45) is -4.07. The topological polar surface area (TPSA) is 86.8 Å². The molecule has 1 unspecified atom stereocenters. The Balaban J connectivity index is 2.06. The Morgan fingerprint density at radius 2 is 1.62 bits per heavy atom. The Hall–Kier alpha value is -3.38. The molecule has 0 heterocycles. The van der Waals surface area contributed by atoms with E-state index in [-0.39, 0.29) is 17.1 Å². The van der Waals surface area contributed by atoms with Crippen LogP contribution in [0.1, 0.15) is 31.4 Å². The van der Waals surface area contributed by atoms with Gasteiger partial charge in [-0.05, 0) is 61.4 Å². The fourth-order valence-corrected chi connectivity index (χ4v) is 5.54. The molecular weight excluding hydrogens is 611 g/mol. The molecule has 7 nitrogen and oxygen atoms in total. The van der Waals surface area contributed by atoms with E-state index in [0.717, 1.165) is 16.6 Å². The molecule has 3 rings (SSSR count). The van der Waals surface area contributed by atoms with Gasteiger partial charge in [-0.1, -0.05) is 59.3 Å². The summed E-state index contributed by atoms with van der Waals surface area (Å²) in [5.41, 5.74) is -0.730. The molecule has 1 N–H and O–H groups in total. The van der Waals surface area contributed by atoms with Crippen molar-refractivity contribution < 1.29 is 31.2 Å². The summed E-state index contributed by atoms with van der Waals surface area (Å²) in [6.45, 7) is 2.90. The highest BCUT2D eigenvalue weighted by Gasteiger charge is 2.35. The van der Waals surface area contributed by atoms with E-state index in [1.54, 1.807) is 30.3 Å². The molecule has 0 radical (unpaired) electrons. The highest BCUT2D eigenvalue weighted by molar-refractivity contribution is 9.10. The monoisotopic (exact) mass is 639 g/mol. The van der Waals surface area contributed by atoms with Gasteiger partial charge in [-0.25, -0.2) is 8.42 Å². The van der Waals surface area contributed by atoms with Crippen LogP contribution in [-0.4, -0.2) is 44.3 Å². The maximum atomic E-state index is 13.8. The van der Waals surface area contributed by atoms with Gasteiger partial charge in [-0.2, -0.15) is 13.2 Å². The van der Waals surface area contributed by atoms with Crippen molar-refractivity contribution in [3.05, 3.63) is 94.5 Å². The van der Waals surface area contributed by atoms with Crippen molar-refractivity contribution in [2.24, 2.45) is 0 Å². The van der Waals surface area contributed by atoms with Gasteiger partial charge in [0, 0.05) is 17.6 Å². The Morgan fingerprint density at radius 1 is 0.975 bits per heavy atom. The number of benzene rings is 3. The second kappa shape index (κ2) is 13.3. The van der Waals surface area contributed by atoms with Crippen molar-refractivity contribution in [2.45, 2.75) is 43.9 Å². The Kier molecular flexibility index (Phi) is 10.4. The second-order valence-electron chi connectivity index (χ2n) is 8.99. The molecule has 1 atom stereocenters. The van der Waals surface area contributed by atoms with Crippen molar-refractivity contribution in [2.75, 3.05) is 17.4 Å². The molecule has 3 aromatic carbocycles. The van der Waals surface area contributed by atoms with Crippen molar-refractivity contribution in [3.8, 4) is 0 Å². The minimum atomic E-state index is -4.73. The Bertz CT molecular complexity index is 1420. The van der Waals surface area contributed by atoms with Crippen LogP contribution in [0.4, 0.5) is 18.9 Å². The fourth-order valence-electron chi connectivity index (χ4n) is 3.85. The second-order valence-corrected chi connectivity index (χ2v) is 11.8. The molecule has 12 heteroatoms. The summed E-state index contributed by atoms with van der Waals surface area (Å²) >= 11 is 3.35. The van der Waals surface area contributed by atoms with Gasteiger partial charge in [0.05, 0.1) is 16.1 Å². The first-order valence-electron chi connectivity index (χ1n) is 12.4. The number of alkyl halides is 3. The van der Waals surface area contributed by atoms with Crippen LogP contribution in [0.2, 0.25) is 0 Å². The number of hydrogen-bond acceptors (Lipinski definition) is 4. The predicted molar refractivity (Wildman–Crippen MR) is 150 cm³/mol. The SMILES string of the molecule is CCCNC(=O)C(C)N(Cc1ccc(Br)cc1)C(=O)CN(c1cccc(C(F)(F)F)c1)S(=O)(=O)c1ccccc1. The molecule has 2 amide bonds. The van der Waals surface area contributed by atoms with Gasteiger partial charge in [-0.15, -0.1) is 0 Å². The molecule has 0 aromatic heterocycles. The van der Waals surface area contributed by atoms with Gasteiger partial charge in [0.1, 0.15) is 12.6 Å². The smallest absolute Gasteiger partial charge is 0.354 e. The number of hydrogen-bond donors (Lipinski definition) is 1. The number of carbonyl (C=O) groups is 2. The van der Waals surface area contributed by atoms with E-state index in [2.05, 4.69) is 21.2 Å². The van der Waals surface area contributed by atoms with E-state index in [1.165, 1.54) is 42.2 Å². The van der Waals surface area contributed by atoms with Crippen LogP contribution in [0, 0.1) is 0 Å². The predicted octanol–water partition coefficient (Wildman–Crippen LogP) is 5.61. The van der Waals surface area contributed by atoms with E-state index in [1.807, 2.05) is 6.92 Å². The third kappa shape index (κ3) is 7.85. The Labute approximate surface area is 240 Å². The van der Waals surface area contributed by atoms with Crippen LogP contribution in [0.5, 0.6) is 0 Å². The Morgan fingerprint density at radius 3 is 2.23 bits per heavy atom. The summed E-state index contributed by atoms with van der Waals surface area (Å²) in [6, 6.07) is 16.9. The van der Waals surface area contributed by atoms with Gasteiger partial charge in [0.15, 0.2) is 0 Å². The average molecular weight is 641 g/mol. The van der Waals surface area contributed by atoms with E-state index < -0.39 is 46.2 Å². The molecule has 0 aliphatic rings. The van der Waals surface area contributed by atoms with Crippen LogP contribution in [0.3, 0.4) is 0 Å². The van der Waals surface area contributed by atoms with Crippen molar-refractivity contribution in [1.82, 2.24) is 10.2 Å². The lowest BCUT2D eigenvalue weighted by Gasteiger charge is -2.32. The number of rotatable bonds is 11. The van der Waals surface area contributed by atoms with Crippen molar-refractivity contribution in [1.29, 1.82) is 0 Å². The van der Waals surface area contributed by atoms with Crippen molar-refractivity contribution >= 4 is 43.5 Å². The fraction of sp³-hybridized carbons (Fsp3) is 0.286. The maximum Gasteiger partial charge on any atom is 0.416 e. The molecule has 0 saturated heterocycles. The lowest BCUT2D eigenvalue weighted by molar-refractivity contribution is -0.139. The number of nitrogens with zero attached hydrogens (tertiary/aromatic N) is 2. The lowest BCUT2D eigenvalue weighted by Crippen LogP contribution is -2.51. The number of carbonyl (C=O) groups excluding carboxylic acids is 2. The van der Waals surface area contributed by atoms with Gasteiger partial charge >= 0.3 is 6.18 Å². The quantitative estimate of drug-likeness (QED) is 0.296. The van der Waals surface area contributed by atoms with Crippen LogP contribution in [0.15, 0.2) is 88.2 Å². The molecular formula is C28H29BrF3N3O4S. The van der Waals surface area contributed by atoms with E-state index in [4.69, 9.17) is 0 Å². The van der Waals surface area contributed by atoms with Gasteiger partial charge in [0.25, 0.3) is 10.0 Å². The zero-order chi connectivity index (χ0) is 29.5. The van der Waals surface area contributed by atoms with Crippen LogP contribution < -0.4 is 9.62 Å². The molecule has 0 aliphatic heterocycles. The molecule has 0 aliphatic carbocycles. The maximum absolute atomic E-state index is 13.8. The van der Waals surface area contributed by atoms with Gasteiger partial charge in [0.2, 0.25) is 11.8 Å².